The van der Waals surface area contributed by atoms with E-state index in [0.29, 0.717) is 0 Å². The molecule has 0 bridgehead atoms. The highest BCUT2D eigenvalue weighted by molar-refractivity contribution is 7.18. The van der Waals surface area contributed by atoms with Crippen molar-refractivity contribution in [3.8, 4) is 0 Å². The molecule has 0 N–H and O–H groups in total. The summed E-state index contributed by atoms with van der Waals surface area (Å²) in [5.74, 6) is 0.933. The van der Waals surface area contributed by atoms with Crippen LogP contribution in [0.15, 0.2) is 12.4 Å². The van der Waals surface area contributed by atoms with Crippen molar-refractivity contribution >= 4 is 33.3 Å². The number of nitrogens with zero attached hydrogens (tertiary/aromatic N) is 3. The second-order valence-corrected chi connectivity index (χ2v) is 6.38. The number of carbonyl (C=O) groups is 1. The van der Waals surface area contributed by atoms with Crippen LogP contribution in [0.1, 0.15) is 24.6 Å². The fraction of sp³-hybridized carbons (Fsp3) is 0.533. The number of hydrogen-bond donors (Lipinski definition) is 0. The van der Waals surface area contributed by atoms with Gasteiger partial charge >= 0.3 is 5.97 Å². The summed E-state index contributed by atoms with van der Waals surface area (Å²) in [7, 11) is 1.46. The first kappa shape index (κ1) is 14.3. The van der Waals surface area contributed by atoms with E-state index < -0.39 is 0 Å². The third-order valence-electron chi connectivity index (χ3n) is 4.04. The number of thiophene rings is 1. The first-order chi connectivity index (χ1) is 10.2. The number of aromatic nitrogens is 2. The minimum absolute atomic E-state index is 0.0252. The Balaban J connectivity index is 1.82. The number of aryl methyl sites for hydroxylation is 1. The summed E-state index contributed by atoms with van der Waals surface area (Å²) in [5, 5.41) is 1.14. The Kier molecular flexibility index (Phi) is 4.05. The molecule has 2 aromatic heterocycles. The second kappa shape index (κ2) is 5.97. The number of piperidine rings is 1. The topological polar surface area (TPSA) is 55.3 Å². The molecule has 112 valence electrons. The van der Waals surface area contributed by atoms with Gasteiger partial charge in [-0.15, -0.1) is 11.3 Å². The molecule has 0 atom stereocenters. The van der Waals surface area contributed by atoms with E-state index in [9.17, 15) is 4.79 Å². The van der Waals surface area contributed by atoms with Crippen LogP contribution in [-0.4, -0.2) is 36.1 Å². The van der Waals surface area contributed by atoms with Gasteiger partial charge in [0.1, 0.15) is 17.0 Å². The van der Waals surface area contributed by atoms with E-state index in [4.69, 9.17) is 4.74 Å². The third-order valence-corrected chi connectivity index (χ3v) is 5.22. The molecule has 3 heterocycles. The lowest BCUT2D eigenvalue weighted by Gasteiger charge is -2.31. The molecule has 6 heteroatoms. The minimum atomic E-state index is -0.0914. The van der Waals surface area contributed by atoms with Gasteiger partial charge in [0.05, 0.1) is 18.4 Å². The van der Waals surface area contributed by atoms with Crippen LogP contribution in [0.3, 0.4) is 0 Å². The van der Waals surface area contributed by atoms with E-state index in [0.717, 1.165) is 48.4 Å². The normalized spacial score (nSPS) is 16.4. The van der Waals surface area contributed by atoms with E-state index in [2.05, 4.69) is 27.9 Å². The van der Waals surface area contributed by atoms with Gasteiger partial charge in [-0.3, -0.25) is 4.79 Å². The Labute approximate surface area is 128 Å². The Hall–Kier alpha value is -1.69. The number of ether oxygens (including phenoxy) is 1. The number of carbonyl (C=O) groups excluding carboxylic acids is 1. The van der Waals surface area contributed by atoms with E-state index in [1.165, 1.54) is 12.0 Å². The van der Waals surface area contributed by atoms with Gasteiger partial charge in [-0.05, 0) is 25.3 Å². The van der Waals surface area contributed by atoms with Crippen LogP contribution in [-0.2, 0) is 16.0 Å². The zero-order valence-electron chi connectivity index (χ0n) is 12.3. The van der Waals surface area contributed by atoms with Crippen molar-refractivity contribution in [3.63, 3.8) is 0 Å². The Morgan fingerprint density at radius 1 is 1.43 bits per heavy atom. The number of methoxy groups -OCH3 is 1. The number of rotatable bonds is 3. The summed E-state index contributed by atoms with van der Waals surface area (Å²) in [5.41, 5.74) is 0. The average molecular weight is 305 g/mol. The smallest absolute Gasteiger partial charge is 0.308 e. The van der Waals surface area contributed by atoms with Crippen molar-refractivity contribution in [2.75, 3.05) is 25.1 Å². The monoisotopic (exact) mass is 305 g/mol. The third kappa shape index (κ3) is 2.72. The van der Waals surface area contributed by atoms with Crippen molar-refractivity contribution in [1.29, 1.82) is 0 Å². The van der Waals surface area contributed by atoms with Gasteiger partial charge in [0, 0.05) is 18.0 Å². The van der Waals surface area contributed by atoms with Crippen molar-refractivity contribution < 1.29 is 9.53 Å². The van der Waals surface area contributed by atoms with Crippen LogP contribution in [0.25, 0.3) is 10.2 Å². The fourth-order valence-corrected chi connectivity index (χ4v) is 3.74. The van der Waals surface area contributed by atoms with Crippen LogP contribution in [0.4, 0.5) is 5.82 Å². The summed E-state index contributed by atoms with van der Waals surface area (Å²) in [6.45, 7) is 3.83. The highest BCUT2D eigenvalue weighted by atomic mass is 32.1. The first-order valence-electron chi connectivity index (χ1n) is 7.29. The van der Waals surface area contributed by atoms with Gasteiger partial charge in [0.15, 0.2) is 0 Å². The van der Waals surface area contributed by atoms with Gasteiger partial charge in [-0.2, -0.15) is 0 Å². The highest BCUT2D eigenvalue weighted by Gasteiger charge is 2.27. The maximum atomic E-state index is 11.6. The summed E-state index contributed by atoms with van der Waals surface area (Å²) in [4.78, 5) is 25.1. The van der Waals surface area contributed by atoms with Crippen molar-refractivity contribution in [1.82, 2.24) is 9.97 Å². The molecule has 0 amide bonds. The lowest BCUT2D eigenvalue weighted by Crippen LogP contribution is -2.37. The lowest BCUT2D eigenvalue weighted by atomic mass is 9.97. The number of anilines is 1. The van der Waals surface area contributed by atoms with E-state index in [-0.39, 0.29) is 11.9 Å². The van der Waals surface area contributed by atoms with Crippen LogP contribution in [0.2, 0.25) is 0 Å². The second-order valence-electron chi connectivity index (χ2n) is 5.27. The van der Waals surface area contributed by atoms with Crippen LogP contribution >= 0.6 is 11.3 Å². The molecular formula is C15H19N3O2S. The zero-order chi connectivity index (χ0) is 14.8. The summed E-state index contributed by atoms with van der Waals surface area (Å²) in [6, 6.07) is 2.20. The molecule has 0 saturated carbocycles. The Morgan fingerprint density at radius 2 is 2.19 bits per heavy atom. The molecule has 2 aromatic rings. The fourth-order valence-electron chi connectivity index (χ4n) is 2.81. The molecule has 21 heavy (non-hydrogen) atoms. The lowest BCUT2D eigenvalue weighted by molar-refractivity contribution is -0.146. The molecule has 1 fully saturated rings. The van der Waals surface area contributed by atoms with Gasteiger partial charge in [-0.1, -0.05) is 6.92 Å². The van der Waals surface area contributed by atoms with Gasteiger partial charge < -0.3 is 9.64 Å². The predicted octanol–water partition coefficient (Wildman–Crippen LogP) is 2.64. The van der Waals surface area contributed by atoms with Crippen molar-refractivity contribution in [2.24, 2.45) is 5.92 Å². The Bertz CT molecular complexity index is 647. The van der Waals surface area contributed by atoms with Crippen LogP contribution in [0.5, 0.6) is 0 Å². The maximum Gasteiger partial charge on any atom is 0.308 e. The zero-order valence-corrected chi connectivity index (χ0v) is 13.2. The SMILES string of the molecule is CCc1cc2c(N3CCC(C(=O)OC)CC3)ncnc2s1. The van der Waals surface area contributed by atoms with E-state index in [1.54, 1.807) is 17.7 Å². The van der Waals surface area contributed by atoms with E-state index >= 15 is 0 Å². The standard InChI is InChI=1S/C15H19N3O2S/c1-3-11-8-12-13(16-9-17-14(12)21-11)18-6-4-10(5-7-18)15(19)20-2/h8-10H,3-7H2,1-2H3. The molecule has 3 rings (SSSR count). The van der Waals surface area contributed by atoms with Gasteiger partial charge in [-0.25, -0.2) is 9.97 Å². The Morgan fingerprint density at radius 3 is 2.86 bits per heavy atom. The average Bonchev–Trinajstić information content (AvgIpc) is 2.97. The summed E-state index contributed by atoms with van der Waals surface area (Å²) >= 11 is 1.73. The number of fused-ring (bicyclic) bond motifs is 1. The molecule has 0 aliphatic carbocycles. The predicted molar refractivity (Wildman–Crippen MR) is 83.7 cm³/mol. The minimum Gasteiger partial charge on any atom is -0.469 e. The van der Waals surface area contributed by atoms with E-state index in [1.807, 2.05) is 0 Å². The molecule has 1 saturated heterocycles. The van der Waals surface area contributed by atoms with Crippen molar-refractivity contribution in [3.05, 3.63) is 17.3 Å². The molecular weight excluding hydrogens is 286 g/mol. The molecule has 1 aliphatic heterocycles. The quantitative estimate of drug-likeness (QED) is 0.816. The molecule has 5 nitrogen and oxygen atoms in total. The van der Waals surface area contributed by atoms with Crippen LogP contribution in [0, 0.1) is 5.92 Å². The maximum absolute atomic E-state index is 11.6. The molecule has 0 aromatic carbocycles. The molecule has 1 aliphatic rings. The highest BCUT2D eigenvalue weighted by Crippen LogP contribution is 2.32. The van der Waals surface area contributed by atoms with Crippen molar-refractivity contribution in [2.45, 2.75) is 26.2 Å². The summed E-state index contributed by atoms with van der Waals surface area (Å²) < 4.78 is 4.84. The molecule has 0 unspecified atom stereocenters. The summed E-state index contributed by atoms with van der Waals surface area (Å²) in [6.07, 6.45) is 4.30. The molecule has 0 spiro atoms. The van der Waals surface area contributed by atoms with Gasteiger partial charge in [0.25, 0.3) is 0 Å². The first-order valence-corrected chi connectivity index (χ1v) is 8.10. The largest absolute Gasteiger partial charge is 0.469 e. The van der Waals surface area contributed by atoms with Crippen LogP contribution < -0.4 is 4.90 Å². The van der Waals surface area contributed by atoms with Gasteiger partial charge in [0.2, 0.25) is 0 Å². The molecule has 0 radical (unpaired) electrons. The number of hydrogen-bond acceptors (Lipinski definition) is 6. The number of esters is 1.